The van der Waals surface area contributed by atoms with E-state index >= 15 is 0 Å². The van der Waals surface area contributed by atoms with Gasteiger partial charge in [-0.1, -0.05) is 12.1 Å². The normalized spacial score (nSPS) is 23.4. The molecule has 3 heterocycles. The fourth-order valence-electron chi connectivity index (χ4n) is 6.54. The summed E-state index contributed by atoms with van der Waals surface area (Å²) in [5.74, 6) is 0.647. The zero-order valence-corrected chi connectivity index (χ0v) is 24.1. The molecule has 3 aromatic rings. The van der Waals surface area contributed by atoms with Crippen LogP contribution in [0.5, 0.6) is 5.75 Å². The van der Waals surface area contributed by atoms with Gasteiger partial charge in [0.1, 0.15) is 18.2 Å². The van der Waals surface area contributed by atoms with Crippen molar-refractivity contribution in [2.75, 3.05) is 25.1 Å². The number of aryl methyl sites for hydroxylation is 1. The first kappa shape index (κ1) is 28.3. The van der Waals surface area contributed by atoms with Crippen LogP contribution in [-0.2, 0) is 26.1 Å². The van der Waals surface area contributed by atoms with Gasteiger partial charge in [0.15, 0.2) is 0 Å². The topological polar surface area (TPSA) is 119 Å². The second kappa shape index (κ2) is 12.2. The number of carbonyl (C=O) groups excluding carboxylic acids is 1. The van der Waals surface area contributed by atoms with E-state index in [0.717, 1.165) is 72.4 Å². The third-order valence-corrected chi connectivity index (χ3v) is 8.90. The Bertz CT molecular complexity index is 1470. The highest BCUT2D eigenvalue weighted by Crippen LogP contribution is 2.62. The number of anilines is 1. The summed E-state index contributed by atoms with van der Waals surface area (Å²) in [6.45, 7) is 3.54. The van der Waals surface area contributed by atoms with Crippen molar-refractivity contribution in [2.24, 2.45) is 5.92 Å². The van der Waals surface area contributed by atoms with Crippen molar-refractivity contribution in [3.05, 3.63) is 65.5 Å². The van der Waals surface area contributed by atoms with E-state index in [2.05, 4.69) is 34.8 Å². The average molecular weight is 571 g/mol. The van der Waals surface area contributed by atoms with Crippen LogP contribution in [0.2, 0.25) is 0 Å². The predicted molar refractivity (Wildman–Crippen MR) is 157 cm³/mol. The van der Waals surface area contributed by atoms with Crippen LogP contribution in [0.4, 0.5) is 5.69 Å². The van der Waals surface area contributed by atoms with Gasteiger partial charge in [-0.15, -0.1) is 0 Å². The zero-order chi connectivity index (χ0) is 29.1. The first-order valence-electron chi connectivity index (χ1n) is 15.1. The number of nitriles is 1. The van der Waals surface area contributed by atoms with Gasteiger partial charge in [-0.3, -0.25) is 4.79 Å². The van der Waals surface area contributed by atoms with E-state index in [4.69, 9.17) is 14.2 Å². The SMILES string of the molecule is CCOC(=O)CCCc1ccc(C#N)cc1NC(O)[C@@H]1C[C@]12CCOc1ccc(-c3cnn(C4CCCCO4)c3)cc12. The minimum absolute atomic E-state index is 0.00751. The number of hydrogen-bond acceptors (Lipinski definition) is 8. The number of ether oxygens (including phenoxy) is 3. The first-order valence-corrected chi connectivity index (χ1v) is 15.1. The van der Waals surface area contributed by atoms with Crippen LogP contribution in [0.3, 0.4) is 0 Å². The third kappa shape index (κ3) is 5.74. The Hall–Kier alpha value is -3.87. The van der Waals surface area contributed by atoms with Crippen LogP contribution >= 0.6 is 0 Å². The van der Waals surface area contributed by atoms with Crippen molar-refractivity contribution in [3.63, 3.8) is 0 Å². The van der Waals surface area contributed by atoms with E-state index in [-0.39, 0.29) is 23.5 Å². The molecule has 4 atom stereocenters. The van der Waals surface area contributed by atoms with Gasteiger partial charge in [0.25, 0.3) is 0 Å². The highest BCUT2D eigenvalue weighted by Gasteiger charge is 2.60. The zero-order valence-electron chi connectivity index (χ0n) is 24.1. The number of fused-ring (bicyclic) bond motifs is 2. The van der Waals surface area contributed by atoms with Gasteiger partial charge in [0, 0.05) is 47.4 Å². The number of hydrogen-bond donors (Lipinski definition) is 2. The number of nitrogens with zero attached hydrogens (tertiary/aromatic N) is 3. The molecule has 9 heteroatoms. The number of nitrogens with one attached hydrogen (secondary N) is 1. The minimum Gasteiger partial charge on any atom is -0.493 e. The van der Waals surface area contributed by atoms with E-state index in [1.165, 1.54) is 0 Å². The summed E-state index contributed by atoms with van der Waals surface area (Å²) in [5, 5.41) is 28.9. The molecule has 2 unspecified atom stereocenters. The maximum Gasteiger partial charge on any atom is 0.305 e. The van der Waals surface area contributed by atoms with Gasteiger partial charge < -0.3 is 24.6 Å². The predicted octanol–water partition coefficient (Wildman–Crippen LogP) is 5.48. The number of aliphatic hydroxyl groups excluding tert-OH is 1. The Balaban J connectivity index is 1.19. The smallest absolute Gasteiger partial charge is 0.305 e. The number of esters is 1. The number of aliphatic hydroxyl groups is 1. The molecule has 0 amide bonds. The molecule has 1 aliphatic carbocycles. The van der Waals surface area contributed by atoms with Crippen molar-refractivity contribution >= 4 is 11.7 Å². The molecule has 9 nitrogen and oxygen atoms in total. The van der Waals surface area contributed by atoms with Gasteiger partial charge in [-0.05, 0) is 87.3 Å². The van der Waals surface area contributed by atoms with Crippen molar-refractivity contribution in [3.8, 4) is 22.9 Å². The molecule has 0 bridgehead atoms. The summed E-state index contributed by atoms with van der Waals surface area (Å²) < 4.78 is 18.9. The summed E-state index contributed by atoms with van der Waals surface area (Å²) in [5.41, 5.74) is 5.24. The van der Waals surface area contributed by atoms with E-state index < -0.39 is 6.23 Å². The molecule has 2 fully saturated rings. The molecule has 42 heavy (non-hydrogen) atoms. The fraction of sp³-hybridized carbons (Fsp3) is 0.485. The molecule has 1 saturated carbocycles. The van der Waals surface area contributed by atoms with E-state index in [1.54, 1.807) is 19.1 Å². The van der Waals surface area contributed by atoms with Crippen LogP contribution in [0.15, 0.2) is 48.8 Å². The molecular formula is C33H38N4O5. The van der Waals surface area contributed by atoms with Crippen LogP contribution in [-0.4, -0.2) is 46.9 Å². The highest BCUT2D eigenvalue weighted by atomic mass is 16.5. The number of carbonyl (C=O) groups is 1. The highest BCUT2D eigenvalue weighted by molar-refractivity contribution is 5.69. The van der Waals surface area contributed by atoms with Gasteiger partial charge in [0.2, 0.25) is 0 Å². The van der Waals surface area contributed by atoms with Crippen molar-refractivity contribution < 1.29 is 24.1 Å². The Morgan fingerprint density at radius 3 is 2.98 bits per heavy atom. The largest absolute Gasteiger partial charge is 0.493 e. The molecule has 1 aromatic heterocycles. The fourth-order valence-corrected chi connectivity index (χ4v) is 6.54. The summed E-state index contributed by atoms with van der Waals surface area (Å²) in [4.78, 5) is 11.8. The average Bonchev–Trinajstić information content (AvgIpc) is 3.51. The molecule has 3 aliphatic rings. The summed E-state index contributed by atoms with van der Waals surface area (Å²) in [6.07, 6.45) is 9.60. The molecule has 2 aromatic carbocycles. The first-order chi connectivity index (χ1) is 20.5. The molecular weight excluding hydrogens is 532 g/mol. The molecule has 2 N–H and O–H groups in total. The van der Waals surface area contributed by atoms with Gasteiger partial charge in [-0.25, -0.2) is 4.68 Å². The lowest BCUT2D eigenvalue weighted by Gasteiger charge is -2.29. The molecule has 0 radical (unpaired) electrons. The van der Waals surface area contributed by atoms with Crippen LogP contribution < -0.4 is 10.1 Å². The minimum atomic E-state index is -0.802. The Kier molecular flexibility index (Phi) is 8.18. The molecule has 220 valence electrons. The maximum atomic E-state index is 11.8. The molecule has 1 spiro atoms. The van der Waals surface area contributed by atoms with Crippen molar-refractivity contribution in [2.45, 2.75) is 76.2 Å². The molecule has 2 aliphatic heterocycles. The van der Waals surface area contributed by atoms with E-state index in [9.17, 15) is 15.2 Å². The second-order valence-electron chi connectivity index (χ2n) is 11.5. The van der Waals surface area contributed by atoms with Crippen LogP contribution in [0.25, 0.3) is 11.1 Å². The van der Waals surface area contributed by atoms with Crippen molar-refractivity contribution in [1.82, 2.24) is 9.78 Å². The molecule has 6 rings (SSSR count). The lowest BCUT2D eigenvalue weighted by Crippen LogP contribution is -2.30. The van der Waals surface area contributed by atoms with Crippen LogP contribution in [0.1, 0.15) is 74.8 Å². The Morgan fingerprint density at radius 1 is 1.26 bits per heavy atom. The maximum absolute atomic E-state index is 11.8. The van der Waals surface area contributed by atoms with Crippen LogP contribution in [0, 0.1) is 17.2 Å². The Labute approximate surface area is 246 Å². The number of benzene rings is 2. The van der Waals surface area contributed by atoms with E-state index in [1.807, 2.05) is 23.0 Å². The van der Waals surface area contributed by atoms with Crippen molar-refractivity contribution in [1.29, 1.82) is 5.26 Å². The summed E-state index contributed by atoms with van der Waals surface area (Å²) in [7, 11) is 0. The summed E-state index contributed by atoms with van der Waals surface area (Å²) in [6, 6.07) is 13.9. The van der Waals surface area contributed by atoms with E-state index in [0.29, 0.717) is 38.0 Å². The third-order valence-electron chi connectivity index (χ3n) is 8.90. The lowest BCUT2D eigenvalue weighted by molar-refractivity contribution is -0.143. The lowest BCUT2D eigenvalue weighted by atomic mass is 9.85. The monoisotopic (exact) mass is 570 g/mol. The summed E-state index contributed by atoms with van der Waals surface area (Å²) >= 11 is 0. The second-order valence-corrected chi connectivity index (χ2v) is 11.5. The standard InChI is InChI=1S/C33H38N4O5/c1-2-40-31(38)8-5-6-23-10-9-22(19-34)16-28(23)36-32(39)27-18-33(27)13-15-41-29-12-11-24(17-26(29)33)25-20-35-37(21-25)30-7-3-4-14-42-30/h9-12,16-17,20-21,27,30,32,36,39H,2-8,13-15,18H2,1H3/t27-,30?,32?,33-/m0/s1. The number of aromatic nitrogens is 2. The molecule has 1 saturated heterocycles. The van der Waals surface area contributed by atoms with Gasteiger partial charge in [0.05, 0.1) is 31.0 Å². The van der Waals surface area contributed by atoms with Gasteiger partial charge >= 0.3 is 5.97 Å². The Morgan fingerprint density at radius 2 is 2.17 bits per heavy atom. The van der Waals surface area contributed by atoms with Gasteiger partial charge in [-0.2, -0.15) is 10.4 Å². The quantitative estimate of drug-likeness (QED) is 0.243. The number of rotatable bonds is 10.